The summed E-state index contributed by atoms with van der Waals surface area (Å²) in [5.74, 6) is 0.668. The molecule has 1 N–H and O–H groups in total. The average Bonchev–Trinajstić information content (AvgIpc) is 3.26. The minimum atomic E-state index is -0.410. The molecule has 2 aromatic carbocycles. The molecule has 1 atom stereocenters. The van der Waals surface area contributed by atoms with E-state index in [0.717, 1.165) is 51.2 Å². The molecule has 0 radical (unpaired) electrons. The Labute approximate surface area is 177 Å². The molecule has 2 aromatic rings. The van der Waals surface area contributed by atoms with Crippen molar-refractivity contribution >= 4 is 17.3 Å². The van der Waals surface area contributed by atoms with Gasteiger partial charge in [-0.1, -0.05) is 18.2 Å². The van der Waals surface area contributed by atoms with E-state index in [1.54, 1.807) is 7.05 Å². The summed E-state index contributed by atoms with van der Waals surface area (Å²) in [6.07, 6.45) is 1.16. The first-order chi connectivity index (χ1) is 14.6. The second kappa shape index (κ2) is 9.32. The van der Waals surface area contributed by atoms with Gasteiger partial charge in [0.15, 0.2) is 5.96 Å². The molecule has 0 saturated carbocycles. The van der Waals surface area contributed by atoms with E-state index in [1.165, 1.54) is 17.8 Å². The number of hydrogen-bond donors (Lipinski definition) is 1. The lowest BCUT2D eigenvalue weighted by atomic mass is 10.1. The van der Waals surface area contributed by atoms with E-state index in [0.29, 0.717) is 24.7 Å². The van der Waals surface area contributed by atoms with Gasteiger partial charge in [-0.2, -0.15) is 0 Å². The normalized spacial score (nSPS) is 20.0. The summed E-state index contributed by atoms with van der Waals surface area (Å²) in [5, 5.41) is 3.52. The van der Waals surface area contributed by atoms with E-state index >= 15 is 0 Å². The fourth-order valence-corrected chi connectivity index (χ4v) is 4.33. The summed E-state index contributed by atoms with van der Waals surface area (Å²) in [4.78, 5) is 11.0. The van der Waals surface area contributed by atoms with Gasteiger partial charge in [0, 0.05) is 64.6 Å². The van der Waals surface area contributed by atoms with Gasteiger partial charge in [0.25, 0.3) is 0 Å². The summed E-state index contributed by atoms with van der Waals surface area (Å²) in [5.41, 5.74) is 1.62. The summed E-state index contributed by atoms with van der Waals surface area (Å²) in [6, 6.07) is 14.2. The molecule has 2 aliphatic heterocycles. The predicted molar refractivity (Wildman–Crippen MR) is 118 cm³/mol. The maximum absolute atomic E-state index is 14.1. The van der Waals surface area contributed by atoms with Crippen molar-refractivity contribution < 1.29 is 8.78 Å². The van der Waals surface area contributed by atoms with Crippen molar-refractivity contribution in [3.63, 3.8) is 0 Å². The van der Waals surface area contributed by atoms with Crippen molar-refractivity contribution in [1.82, 2.24) is 10.2 Å². The average molecular weight is 414 g/mol. The molecule has 2 heterocycles. The minimum Gasteiger partial charge on any atom is -0.371 e. The molecule has 0 amide bonds. The fraction of sp³-hybridized carbons (Fsp3) is 0.435. The lowest BCUT2D eigenvalue weighted by molar-refractivity contribution is 0.367. The molecule has 160 valence electrons. The van der Waals surface area contributed by atoms with Gasteiger partial charge >= 0.3 is 0 Å². The van der Waals surface area contributed by atoms with Crippen LogP contribution in [0.5, 0.6) is 0 Å². The lowest BCUT2D eigenvalue weighted by Gasteiger charge is -2.38. The second-order valence-electron chi connectivity index (χ2n) is 7.93. The Hall–Kier alpha value is -2.83. The van der Waals surface area contributed by atoms with Crippen LogP contribution in [0.2, 0.25) is 0 Å². The number of para-hydroxylation sites is 1. The zero-order chi connectivity index (χ0) is 20.9. The smallest absolute Gasteiger partial charge is 0.193 e. The second-order valence-corrected chi connectivity index (χ2v) is 7.93. The van der Waals surface area contributed by atoms with E-state index in [2.05, 4.69) is 44.4 Å². The molecule has 1 unspecified atom stereocenters. The van der Waals surface area contributed by atoms with Crippen molar-refractivity contribution in [2.75, 3.05) is 62.7 Å². The van der Waals surface area contributed by atoms with Crippen LogP contribution >= 0.6 is 0 Å². The summed E-state index contributed by atoms with van der Waals surface area (Å²) in [7, 11) is 1.80. The van der Waals surface area contributed by atoms with Gasteiger partial charge in [0.1, 0.15) is 11.6 Å². The van der Waals surface area contributed by atoms with Gasteiger partial charge in [0.2, 0.25) is 0 Å². The first kappa shape index (κ1) is 20.4. The number of benzene rings is 2. The number of piperazine rings is 1. The third kappa shape index (κ3) is 4.66. The third-order valence-electron chi connectivity index (χ3n) is 6.00. The van der Waals surface area contributed by atoms with Crippen LogP contribution in [-0.2, 0) is 0 Å². The molecule has 30 heavy (non-hydrogen) atoms. The Morgan fingerprint density at radius 3 is 2.50 bits per heavy atom. The molecule has 2 saturated heterocycles. The van der Waals surface area contributed by atoms with E-state index in [-0.39, 0.29) is 5.82 Å². The van der Waals surface area contributed by atoms with Crippen LogP contribution in [0.3, 0.4) is 0 Å². The Morgan fingerprint density at radius 2 is 1.77 bits per heavy atom. The summed E-state index contributed by atoms with van der Waals surface area (Å²) >= 11 is 0. The number of rotatable bonds is 4. The monoisotopic (exact) mass is 413 g/mol. The van der Waals surface area contributed by atoms with Crippen molar-refractivity contribution in [3.05, 3.63) is 60.2 Å². The van der Waals surface area contributed by atoms with Crippen LogP contribution < -0.4 is 15.1 Å². The molecule has 7 heteroatoms. The molecule has 5 nitrogen and oxygen atoms in total. The Morgan fingerprint density at radius 1 is 1.00 bits per heavy atom. The highest BCUT2D eigenvalue weighted by Crippen LogP contribution is 2.24. The van der Waals surface area contributed by atoms with Crippen LogP contribution in [0, 0.1) is 17.6 Å². The molecule has 4 rings (SSSR count). The van der Waals surface area contributed by atoms with Crippen LogP contribution in [0.15, 0.2) is 53.5 Å². The molecular weight excluding hydrogens is 384 g/mol. The highest BCUT2D eigenvalue weighted by atomic mass is 19.1. The Balaban J connectivity index is 1.27. The molecule has 2 aliphatic rings. The summed E-state index contributed by atoms with van der Waals surface area (Å²) in [6.45, 7) is 5.70. The number of nitrogens with one attached hydrogen (secondary N) is 1. The van der Waals surface area contributed by atoms with E-state index in [4.69, 9.17) is 0 Å². The minimum absolute atomic E-state index is 0.338. The first-order valence-corrected chi connectivity index (χ1v) is 10.6. The highest BCUT2D eigenvalue weighted by Gasteiger charge is 2.25. The zero-order valence-electron chi connectivity index (χ0n) is 17.4. The van der Waals surface area contributed by atoms with Crippen LogP contribution in [0.4, 0.5) is 20.2 Å². The molecule has 2 fully saturated rings. The zero-order valence-corrected chi connectivity index (χ0v) is 17.4. The largest absolute Gasteiger partial charge is 0.371 e. The van der Waals surface area contributed by atoms with Gasteiger partial charge in [-0.25, -0.2) is 8.78 Å². The number of hydrogen-bond acceptors (Lipinski definition) is 3. The number of halogens is 2. The molecule has 0 bridgehead atoms. The number of aliphatic imine (C=N–C) groups is 1. The Bertz CT molecular complexity index is 865. The van der Waals surface area contributed by atoms with E-state index < -0.39 is 5.82 Å². The van der Waals surface area contributed by atoms with Gasteiger partial charge < -0.3 is 20.0 Å². The summed E-state index contributed by atoms with van der Waals surface area (Å²) < 4.78 is 27.6. The van der Waals surface area contributed by atoms with Crippen LogP contribution in [0.1, 0.15) is 6.42 Å². The highest BCUT2D eigenvalue weighted by molar-refractivity contribution is 5.80. The van der Waals surface area contributed by atoms with Crippen molar-refractivity contribution in [1.29, 1.82) is 0 Å². The van der Waals surface area contributed by atoms with E-state index in [9.17, 15) is 8.78 Å². The van der Waals surface area contributed by atoms with E-state index in [1.807, 2.05) is 11.0 Å². The number of nitrogens with zero attached hydrogens (tertiary/aromatic N) is 4. The van der Waals surface area contributed by atoms with Crippen molar-refractivity contribution in [3.8, 4) is 0 Å². The molecule has 0 aromatic heterocycles. The van der Waals surface area contributed by atoms with Crippen LogP contribution in [0.25, 0.3) is 0 Å². The SMILES string of the molecule is CN=C(NCC1CCN(c2ccccc2)C1)N1CCN(c2cc(F)ccc2F)CC1. The van der Waals surface area contributed by atoms with Gasteiger partial charge in [0.05, 0.1) is 5.69 Å². The van der Waals surface area contributed by atoms with Gasteiger partial charge in [-0.15, -0.1) is 0 Å². The molecule has 0 spiro atoms. The van der Waals surface area contributed by atoms with Gasteiger partial charge in [-0.05, 0) is 36.6 Å². The van der Waals surface area contributed by atoms with Crippen molar-refractivity contribution in [2.45, 2.75) is 6.42 Å². The van der Waals surface area contributed by atoms with Crippen LogP contribution in [-0.4, -0.2) is 63.7 Å². The standard InChI is InChI=1S/C23H29F2N5/c1-26-23(27-16-18-9-10-30(17-18)20-5-3-2-4-6-20)29-13-11-28(12-14-29)22-15-19(24)7-8-21(22)25/h2-8,15,18H,9-14,16-17H2,1H3,(H,26,27). The lowest BCUT2D eigenvalue weighted by Crippen LogP contribution is -2.53. The maximum Gasteiger partial charge on any atom is 0.193 e. The maximum atomic E-state index is 14.1. The quantitative estimate of drug-likeness (QED) is 0.617. The number of anilines is 2. The molecule has 0 aliphatic carbocycles. The predicted octanol–water partition coefficient (Wildman–Crippen LogP) is 3.19. The first-order valence-electron chi connectivity index (χ1n) is 10.6. The third-order valence-corrected chi connectivity index (χ3v) is 6.00. The fourth-order valence-electron chi connectivity index (χ4n) is 4.33. The number of guanidine groups is 1. The van der Waals surface area contributed by atoms with Gasteiger partial charge in [-0.3, -0.25) is 4.99 Å². The topological polar surface area (TPSA) is 34.1 Å². The Kier molecular flexibility index (Phi) is 6.35. The van der Waals surface area contributed by atoms with Crippen molar-refractivity contribution in [2.24, 2.45) is 10.9 Å². The molecular formula is C23H29F2N5.